The first-order chi connectivity index (χ1) is 14.5. The van der Waals surface area contributed by atoms with Crippen molar-refractivity contribution >= 4 is 28.9 Å². The number of esters is 1. The Morgan fingerprint density at radius 3 is 2.87 bits per heavy atom. The average Bonchev–Trinajstić information content (AvgIpc) is 3.15. The first-order valence-electron chi connectivity index (χ1n) is 10.0. The maximum Gasteiger partial charge on any atom is 0.340 e. The number of aromatic nitrogens is 1. The van der Waals surface area contributed by atoms with Crippen molar-refractivity contribution in [1.29, 1.82) is 0 Å². The number of carbonyl (C=O) groups excluding carboxylic acids is 2. The van der Waals surface area contributed by atoms with Crippen LogP contribution in [0.5, 0.6) is 0 Å². The zero-order valence-electron chi connectivity index (χ0n) is 16.8. The highest BCUT2D eigenvalue weighted by atomic mass is 19.1. The van der Waals surface area contributed by atoms with E-state index in [1.54, 1.807) is 6.08 Å². The SMILES string of the molecule is CO[C@@H]1C(=O)OCC(C=O)=C1/C=C1\NCc2c1nc1cc(F)c(C)c3c1c2CCC3. The third-order valence-electron chi connectivity index (χ3n) is 6.30. The summed E-state index contributed by atoms with van der Waals surface area (Å²) >= 11 is 0. The monoisotopic (exact) mass is 408 g/mol. The number of cyclic esters (lactones) is 1. The molecule has 0 fully saturated rings. The molecule has 0 saturated carbocycles. The van der Waals surface area contributed by atoms with E-state index in [0.717, 1.165) is 41.5 Å². The van der Waals surface area contributed by atoms with Gasteiger partial charge >= 0.3 is 5.97 Å². The molecule has 0 spiro atoms. The summed E-state index contributed by atoms with van der Waals surface area (Å²) in [5.41, 5.74) is 6.97. The Morgan fingerprint density at radius 1 is 1.30 bits per heavy atom. The van der Waals surface area contributed by atoms with E-state index in [1.807, 2.05) is 6.92 Å². The number of rotatable bonds is 3. The summed E-state index contributed by atoms with van der Waals surface area (Å²) in [7, 11) is 1.40. The predicted octanol–water partition coefficient (Wildman–Crippen LogP) is 2.68. The number of aryl methyl sites for hydroxylation is 2. The number of benzene rings is 1. The van der Waals surface area contributed by atoms with Crippen LogP contribution in [0, 0.1) is 12.7 Å². The summed E-state index contributed by atoms with van der Waals surface area (Å²) in [5.74, 6) is -0.772. The number of nitrogens with one attached hydrogen (secondary N) is 1. The fourth-order valence-electron chi connectivity index (χ4n) is 4.78. The molecular formula is C23H21FN2O4. The largest absolute Gasteiger partial charge is 0.458 e. The highest BCUT2D eigenvalue weighted by Gasteiger charge is 2.33. The Balaban J connectivity index is 1.72. The maximum absolute atomic E-state index is 14.5. The van der Waals surface area contributed by atoms with E-state index >= 15 is 0 Å². The normalized spacial score (nSPS) is 21.6. The zero-order chi connectivity index (χ0) is 21.0. The number of fused-ring (bicyclic) bond motifs is 2. The Morgan fingerprint density at radius 2 is 2.10 bits per heavy atom. The van der Waals surface area contributed by atoms with Crippen LogP contribution in [-0.2, 0) is 38.4 Å². The highest BCUT2D eigenvalue weighted by Crippen LogP contribution is 2.39. The number of halogens is 1. The summed E-state index contributed by atoms with van der Waals surface area (Å²) < 4.78 is 24.8. The maximum atomic E-state index is 14.5. The van der Waals surface area contributed by atoms with Gasteiger partial charge in [0, 0.05) is 41.8 Å². The molecule has 1 aromatic carbocycles. The quantitative estimate of drug-likeness (QED) is 0.622. The Kier molecular flexibility index (Phi) is 4.43. The molecule has 3 heterocycles. The van der Waals surface area contributed by atoms with Gasteiger partial charge in [0.15, 0.2) is 6.10 Å². The molecule has 0 radical (unpaired) electrons. The van der Waals surface area contributed by atoms with Crippen molar-refractivity contribution < 1.29 is 23.5 Å². The number of pyridine rings is 1. The number of carbonyl (C=O) groups is 2. The predicted molar refractivity (Wildman–Crippen MR) is 108 cm³/mol. The van der Waals surface area contributed by atoms with E-state index in [2.05, 4.69) is 5.32 Å². The van der Waals surface area contributed by atoms with Crippen LogP contribution in [0.15, 0.2) is 23.3 Å². The van der Waals surface area contributed by atoms with E-state index in [1.165, 1.54) is 18.7 Å². The fraction of sp³-hybridized carbons (Fsp3) is 0.348. The highest BCUT2D eigenvalue weighted by molar-refractivity contribution is 5.93. The van der Waals surface area contributed by atoms with Gasteiger partial charge in [-0.25, -0.2) is 14.2 Å². The Labute approximate surface area is 172 Å². The van der Waals surface area contributed by atoms with E-state index in [4.69, 9.17) is 14.5 Å². The topological polar surface area (TPSA) is 77.5 Å². The molecule has 3 aliphatic rings. The minimum absolute atomic E-state index is 0.0849. The van der Waals surface area contributed by atoms with Crippen molar-refractivity contribution in [2.75, 3.05) is 13.7 Å². The van der Waals surface area contributed by atoms with Crippen LogP contribution < -0.4 is 5.32 Å². The number of hydrogen-bond acceptors (Lipinski definition) is 6. The molecule has 7 heteroatoms. The molecule has 1 aliphatic carbocycles. The number of hydrogen-bond donors (Lipinski definition) is 1. The van der Waals surface area contributed by atoms with Crippen LogP contribution in [0.4, 0.5) is 4.39 Å². The molecule has 0 saturated heterocycles. The second-order valence-corrected chi connectivity index (χ2v) is 7.86. The lowest BCUT2D eigenvalue weighted by Crippen LogP contribution is -2.33. The fourth-order valence-corrected chi connectivity index (χ4v) is 4.78. The van der Waals surface area contributed by atoms with Crippen molar-refractivity contribution in [3.63, 3.8) is 0 Å². The standard InChI is InChI=1S/C23H21FN2O4/c1-11-13-4-3-5-14-16-8-25-19(21(16)26-18(20(13)14)7-17(11)24)6-15-12(9-27)10-30-23(28)22(15)29-2/h6-7,9,22,25H,3-5,8,10H2,1-2H3/b19-6-/t22-/m0/s1. The second-order valence-electron chi connectivity index (χ2n) is 7.86. The minimum Gasteiger partial charge on any atom is -0.458 e. The lowest BCUT2D eigenvalue weighted by molar-refractivity contribution is -0.153. The molecule has 1 N–H and O–H groups in total. The van der Waals surface area contributed by atoms with Gasteiger partial charge in [0.1, 0.15) is 18.7 Å². The lowest BCUT2D eigenvalue weighted by Gasteiger charge is -2.23. The van der Waals surface area contributed by atoms with Crippen molar-refractivity contribution in [3.8, 4) is 0 Å². The first kappa shape index (κ1) is 18.9. The van der Waals surface area contributed by atoms with Gasteiger partial charge in [-0.05, 0) is 49.0 Å². The van der Waals surface area contributed by atoms with Crippen LogP contribution >= 0.6 is 0 Å². The summed E-state index contributed by atoms with van der Waals surface area (Å²) in [5, 5.41) is 4.42. The van der Waals surface area contributed by atoms with Crippen LogP contribution in [-0.4, -0.2) is 37.1 Å². The third-order valence-corrected chi connectivity index (χ3v) is 6.30. The smallest absolute Gasteiger partial charge is 0.340 e. The molecule has 5 rings (SSSR count). The van der Waals surface area contributed by atoms with E-state index in [0.29, 0.717) is 40.8 Å². The molecule has 1 aromatic heterocycles. The van der Waals surface area contributed by atoms with Crippen LogP contribution in [0.3, 0.4) is 0 Å². The molecule has 0 bridgehead atoms. The van der Waals surface area contributed by atoms with Crippen molar-refractivity contribution in [3.05, 3.63) is 57.1 Å². The van der Waals surface area contributed by atoms with E-state index in [-0.39, 0.29) is 12.4 Å². The molecule has 2 aromatic rings. The van der Waals surface area contributed by atoms with Gasteiger partial charge in [-0.3, -0.25) is 4.79 Å². The van der Waals surface area contributed by atoms with Crippen LogP contribution in [0.2, 0.25) is 0 Å². The molecule has 154 valence electrons. The number of methoxy groups -OCH3 is 1. The summed E-state index contributed by atoms with van der Waals surface area (Å²) in [6.45, 7) is 2.34. The molecule has 2 aliphatic heterocycles. The molecule has 0 amide bonds. The van der Waals surface area contributed by atoms with Crippen LogP contribution in [0.1, 0.15) is 34.4 Å². The molecular weight excluding hydrogens is 387 g/mol. The van der Waals surface area contributed by atoms with Gasteiger partial charge in [0.2, 0.25) is 0 Å². The van der Waals surface area contributed by atoms with Crippen LogP contribution in [0.25, 0.3) is 16.6 Å². The van der Waals surface area contributed by atoms with Crippen molar-refractivity contribution in [2.45, 2.75) is 38.8 Å². The van der Waals surface area contributed by atoms with E-state index < -0.39 is 12.1 Å². The van der Waals surface area contributed by atoms with Gasteiger partial charge < -0.3 is 14.8 Å². The van der Waals surface area contributed by atoms with E-state index in [9.17, 15) is 14.0 Å². The first-order valence-corrected chi connectivity index (χ1v) is 10.0. The van der Waals surface area contributed by atoms with Gasteiger partial charge in [-0.15, -0.1) is 0 Å². The molecule has 1 atom stereocenters. The Hall–Kier alpha value is -3.06. The Bertz CT molecular complexity index is 1180. The number of nitrogens with zero attached hydrogens (tertiary/aromatic N) is 1. The number of ether oxygens (including phenoxy) is 2. The number of aldehydes is 1. The van der Waals surface area contributed by atoms with Crippen molar-refractivity contribution in [1.82, 2.24) is 10.3 Å². The second kappa shape index (κ2) is 7.02. The van der Waals surface area contributed by atoms with Crippen molar-refractivity contribution in [2.24, 2.45) is 0 Å². The molecule has 0 unspecified atom stereocenters. The average molecular weight is 408 g/mol. The third kappa shape index (κ3) is 2.69. The minimum atomic E-state index is -0.970. The van der Waals surface area contributed by atoms with Gasteiger partial charge in [0.25, 0.3) is 0 Å². The van der Waals surface area contributed by atoms with Gasteiger partial charge in [0.05, 0.1) is 16.9 Å². The summed E-state index contributed by atoms with van der Waals surface area (Å²) in [6, 6.07) is 1.51. The summed E-state index contributed by atoms with van der Waals surface area (Å²) in [6.07, 6.45) is 4.20. The van der Waals surface area contributed by atoms with Gasteiger partial charge in [-0.1, -0.05) is 0 Å². The molecule has 30 heavy (non-hydrogen) atoms. The summed E-state index contributed by atoms with van der Waals surface area (Å²) in [4.78, 5) is 28.4. The molecule has 6 nitrogen and oxygen atoms in total. The lowest BCUT2D eigenvalue weighted by atomic mass is 9.85. The van der Waals surface area contributed by atoms with Gasteiger partial charge in [-0.2, -0.15) is 0 Å². The zero-order valence-corrected chi connectivity index (χ0v) is 16.8.